The molecule has 35 heavy (non-hydrogen) atoms. The van der Waals surface area contributed by atoms with E-state index in [0.29, 0.717) is 0 Å². The minimum atomic E-state index is -5.17. The molecule has 4 atom stereocenters. The van der Waals surface area contributed by atoms with Crippen LogP contribution in [0.25, 0.3) is 0 Å². The number of phosphoric acid groups is 1. The number of ether oxygens (including phenoxy) is 1. The number of amides is 1. The number of aliphatic hydroxyl groups is 1. The molecule has 16 nitrogen and oxygen atoms in total. The van der Waals surface area contributed by atoms with Crippen LogP contribution in [0, 0.1) is 13.8 Å². The molecule has 5 N–H and O–H groups in total. The zero-order valence-electron chi connectivity index (χ0n) is 18.4. The molecule has 4 rings (SSSR count). The summed E-state index contributed by atoms with van der Waals surface area (Å²) in [6, 6.07) is -1.34. The molecule has 0 radical (unpaired) electrons. The number of aliphatic hydroxyl groups excluding tert-OH is 1. The number of aromatic nitrogens is 4. The third kappa shape index (κ3) is 4.35. The first-order valence-corrected chi connectivity index (χ1v) is 11.7. The summed E-state index contributed by atoms with van der Waals surface area (Å²) >= 11 is 0. The summed E-state index contributed by atoms with van der Waals surface area (Å²) in [5.41, 5.74) is -4.66. The lowest BCUT2D eigenvalue weighted by Gasteiger charge is -2.36. The average Bonchev–Trinajstić information content (AvgIpc) is 3.22. The molecule has 2 bridgehead atoms. The Kier molecular flexibility index (Phi) is 6.07. The lowest BCUT2D eigenvalue weighted by atomic mass is 10.0. The molecule has 0 unspecified atom stereocenters. The van der Waals surface area contributed by atoms with Crippen LogP contribution in [0.2, 0.25) is 0 Å². The number of carbonyl (C=O) groups is 1. The summed E-state index contributed by atoms with van der Waals surface area (Å²) in [6.07, 6.45) is -0.670. The van der Waals surface area contributed by atoms with Gasteiger partial charge in [0.05, 0.1) is 13.2 Å². The molecule has 190 valence electrons. The van der Waals surface area contributed by atoms with Gasteiger partial charge in [0.2, 0.25) is 5.91 Å². The Morgan fingerprint density at radius 2 is 1.74 bits per heavy atom. The van der Waals surface area contributed by atoms with Crippen LogP contribution in [0.1, 0.15) is 17.4 Å². The number of carbonyl (C=O) groups excluding carboxylic acids is 1. The number of likely N-dealkylation sites (tertiary alicyclic amines) is 1. The van der Waals surface area contributed by atoms with E-state index in [1.54, 1.807) is 0 Å². The molecule has 0 spiro atoms. The highest BCUT2D eigenvalue weighted by Crippen LogP contribution is 2.53. The third-order valence-corrected chi connectivity index (χ3v) is 6.53. The summed E-state index contributed by atoms with van der Waals surface area (Å²) in [7, 11) is -5.17. The fourth-order valence-electron chi connectivity index (χ4n) is 4.38. The number of nitrogens with zero attached hydrogens (tertiary/aromatic N) is 3. The van der Waals surface area contributed by atoms with E-state index in [4.69, 9.17) is 9.26 Å². The number of aromatic amines is 2. The number of aryl methyl sites for hydroxylation is 2. The van der Waals surface area contributed by atoms with E-state index in [9.17, 15) is 43.4 Å². The number of hydrogen-bond donors (Lipinski definition) is 5. The van der Waals surface area contributed by atoms with Crippen LogP contribution >= 0.6 is 7.82 Å². The highest BCUT2D eigenvalue weighted by atomic mass is 31.2. The molecule has 2 saturated heterocycles. The first-order valence-electron chi connectivity index (χ1n) is 10.2. The first-order chi connectivity index (χ1) is 16.3. The Morgan fingerprint density at radius 1 is 1.14 bits per heavy atom. The lowest BCUT2D eigenvalue weighted by Crippen LogP contribution is -2.52. The molecule has 2 aliphatic heterocycles. The Hall–Kier alpha value is -3.14. The minimum Gasteiger partial charge on any atom is -0.393 e. The Bertz CT molecular complexity index is 1470. The van der Waals surface area contributed by atoms with Crippen LogP contribution in [0.5, 0.6) is 0 Å². The summed E-state index contributed by atoms with van der Waals surface area (Å²) < 4.78 is 24.3. The Labute approximate surface area is 194 Å². The standard InChI is InChI=1S/C18H22N5O11P/c1-8-3-21(16(28)19-13(8)26)5-10(25)23-6-18(7-24)12(34-35(30,31)32)11(23)15(33-18)22-4-9(2)14(27)20-17(22)29/h3-4,11-12,15,24H,5-7H2,1-2H3,(H,19,26,28)(H,20,27,29)(H2,30,31,32)/t11-,12+,15-,18-/m1/s1. The number of rotatable bonds is 6. The predicted molar refractivity (Wildman–Crippen MR) is 114 cm³/mol. The van der Waals surface area contributed by atoms with Gasteiger partial charge < -0.3 is 24.5 Å². The van der Waals surface area contributed by atoms with E-state index in [1.807, 2.05) is 0 Å². The highest BCUT2D eigenvalue weighted by Gasteiger charge is 2.67. The Morgan fingerprint density at radius 3 is 2.34 bits per heavy atom. The van der Waals surface area contributed by atoms with Crippen LogP contribution in [-0.4, -0.2) is 75.7 Å². The van der Waals surface area contributed by atoms with E-state index in [1.165, 1.54) is 20.0 Å². The zero-order valence-corrected chi connectivity index (χ0v) is 19.3. The number of hydrogen-bond acceptors (Lipinski definition) is 9. The second-order valence-electron chi connectivity index (χ2n) is 8.44. The molecule has 2 aliphatic rings. The van der Waals surface area contributed by atoms with Gasteiger partial charge >= 0.3 is 19.2 Å². The molecule has 4 heterocycles. The van der Waals surface area contributed by atoms with Gasteiger partial charge in [0.1, 0.15) is 24.3 Å². The predicted octanol–water partition coefficient (Wildman–Crippen LogP) is -3.35. The summed E-state index contributed by atoms with van der Waals surface area (Å²) in [5.74, 6) is -0.749. The SMILES string of the molecule is Cc1cn(CC(=O)N2C[C@]3(CO)O[C@@H](n4cc(C)c(=O)[nH]c4=O)[C@H]2[C@@H]3OP(=O)(O)O)c(=O)[nH]c1=O. The fraction of sp³-hybridized carbons (Fsp3) is 0.500. The van der Waals surface area contributed by atoms with Crippen molar-refractivity contribution in [2.45, 2.75) is 44.4 Å². The second kappa shape index (κ2) is 8.51. The van der Waals surface area contributed by atoms with E-state index in [2.05, 4.69) is 9.97 Å². The average molecular weight is 515 g/mol. The summed E-state index contributed by atoms with van der Waals surface area (Å²) in [5, 5.41) is 10.1. The van der Waals surface area contributed by atoms with Gasteiger partial charge in [0.25, 0.3) is 11.1 Å². The van der Waals surface area contributed by atoms with E-state index in [0.717, 1.165) is 20.2 Å². The van der Waals surface area contributed by atoms with Crippen molar-refractivity contribution in [1.82, 2.24) is 24.0 Å². The van der Waals surface area contributed by atoms with Crippen molar-refractivity contribution in [3.8, 4) is 0 Å². The van der Waals surface area contributed by atoms with E-state index >= 15 is 0 Å². The zero-order chi connectivity index (χ0) is 25.9. The third-order valence-electron chi connectivity index (χ3n) is 6.03. The molecule has 2 fully saturated rings. The maximum absolute atomic E-state index is 13.2. The van der Waals surface area contributed by atoms with E-state index < -0.39 is 73.4 Å². The van der Waals surface area contributed by atoms with Gasteiger partial charge in [-0.3, -0.25) is 38.0 Å². The molecule has 2 aromatic heterocycles. The van der Waals surface area contributed by atoms with Crippen LogP contribution in [0.15, 0.2) is 31.6 Å². The fourth-order valence-corrected chi connectivity index (χ4v) is 5.00. The lowest BCUT2D eigenvalue weighted by molar-refractivity contribution is -0.167. The topological polar surface area (TPSA) is 226 Å². The van der Waals surface area contributed by atoms with Crippen molar-refractivity contribution >= 4 is 13.7 Å². The number of nitrogens with one attached hydrogen (secondary N) is 2. The number of phosphoric ester groups is 1. The molecule has 0 aromatic carbocycles. The maximum Gasteiger partial charge on any atom is 0.470 e. The molecule has 1 amide bonds. The molecule has 17 heteroatoms. The van der Waals surface area contributed by atoms with Gasteiger partial charge in [-0.05, 0) is 13.8 Å². The quantitative estimate of drug-likeness (QED) is 0.239. The van der Waals surface area contributed by atoms with Gasteiger partial charge in [0, 0.05) is 23.5 Å². The van der Waals surface area contributed by atoms with Crippen molar-refractivity contribution in [1.29, 1.82) is 0 Å². The monoisotopic (exact) mass is 515 g/mol. The van der Waals surface area contributed by atoms with Crippen LogP contribution in [0.3, 0.4) is 0 Å². The van der Waals surface area contributed by atoms with Gasteiger partial charge in [-0.1, -0.05) is 0 Å². The van der Waals surface area contributed by atoms with Crippen LogP contribution in [-0.2, 0) is 25.2 Å². The van der Waals surface area contributed by atoms with Crippen LogP contribution < -0.4 is 22.5 Å². The number of H-pyrrole nitrogens is 2. The molecule has 2 aromatic rings. The minimum absolute atomic E-state index is 0.106. The van der Waals surface area contributed by atoms with Crippen molar-refractivity contribution in [2.24, 2.45) is 0 Å². The summed E-state index contributed by atoms with van der Waals surface area (Å²) in [4.78, 5) is 85.4. The molecule has 0 aliphatic carbocycles. The molecule has 0 saturated carbocycles. The van der Waals surface area contributed by atoms with Crippen molar-refractivity contribution in [3.05, 3.63) is 65.2 Å². The van der Waals surface area contributed by atoms with Gasteiger partial charge in [0.15, 0.2) is 6.23 Å². The molecular weight excluding hydrogens is 493 g/mol. The first kappa shape index (κ1) is 25.0. The summed E-state index contributed by atoms with van der Waals surface area (Å²) in [6.45, 7) is 1.02. The second-order valence-corrected chi connectivity index (χ2v) is 9.63. The van der Waals surface area contributed by atoms with Crippen molar-refractivity contribution in [2.75, 3.05) is 13.2 Å². The van der Waals surface area contributed by atoms with Gasteiger partial charge in [-0.15, -0.1) is 0 Å². The Balaban J connectivity index is 1.78. The van der Waals surface area contributed by atoms with Gasteiger partial charge in [-0.25, -0.2) is 14.2 Å². The highest BCUT2D eigenvalue weighted by molar-refractivity contribution is 7.46. The maximum atomic E-state index is 13.2. The smallest absolute Gasteiger partial charge is 0.393 e. The number of morpholine rings is 1. The largest absolute Gasteiger partial charge is 0.470 e. The normalized spacial score (nSPS) is 25.9. The van der Waals surface area contributed by atoms with Crippen LogP contribution in [0.4, 0.5) is 0 Å². The van der Waals surface area contributed by atoms with Crippen molar-refractivity contribution in [3.63, 3.8) is 0 Å². The van der Waals surface area contributed by atoms with E-state index in [-0.39, 0.29) is 17.7 Å². The van der Waals surface area contributed by atoms with Gasteiger partial charge in [-0.2, -0.15) is 0 Å². The molecular formula is C18H22N5O11P. The number of fused-ring (bicyclic) bond motifs is 2. The van der Waals surface area contributed by atoms with Crippen molar-refractivity contribution < 1.29 is 33.5 Å².